The zero-order valence-corrected chi connectivity index (χ0v) is 12.8. The van der Waals surface area contributed by atoms with Crippen molar-refractivity contribution in [3.8, 4) is 0 Å². The van der Waals surface area contributed by atoms with Crippen LogP contribution in [-0.4, -0.2) is 53.8 Å². The molecule has 0 saturated carbocycles. The highest BCUT2D eigenvalue weighted by molar-refractivity contribution is 5.82. The van der Waals surface area contributed by atoms with Crippen molar-refractivity contribution in [3.05, 3.63) is 0 Å². The number of nitrogens with one attached hydrogen (secondary N) is 1. The first kappa shape index (κ1) is 16.8. The summed E-state index contributed by atoms with van der Waals surface area (Å²) in [5, 5.41) is 11.8. The molecule has 0 aromatic heterocycles. The molecule has 0 aromatic carbocycles. The lowest BCUT2D eigenvalue weighted by atomic mass is 9.95. The van der Waals surface area contributed by atoms with Gasteiger partial charge in [0.2, 0.25) is 0 Å². The maximum atomic E-state index is 12.2. The number of carbonyl (C=O) groups is 2. The minimum absolute atomic E-state index is 0.210. The van der Waals surface area contributed by atoms with Crippen LogP contribution in [0.5, 0.6) is 0 Å². The number of amides is 2. The number of carboxylic acid groups (broad SMARTS) is 1. The highest BCUT2D eigenvalue weighted by Gasteiger charge is 2.34. The first-order valence-electron chi connectivity index (χ1n) is 7.11. The van der Waals surface area contributed by atoms with Crippen LogP contribution in [0.4, 0.5) is 4.79 Å². The zero-order valence-electron chi connectivity index (χ0n) is 12.8. The van der Waals surface area contributed by atoms with Crippen molar-refractivity contribution in [1.29, 1.82) is 0 Å². The summed E-state index contributed by atoms with van der Waals surface area (Å²) < 4.78 is 5.44. The van der Waals surface area contributed by atoms with Gasteiger partial charge >= 0.3 is 12.0 Å². The Hall–Kier alpha value is -1.30. The molecule has 1 unspecified atom stereocenters. The Morgan fingerprint density at radius 3 is 2.60 bits per heavy atom. The van der Waals surface area contributed by atoms with E-state index in [1.54, 1.807) is 12.0 Å². The topological polar surface area (TPSA) is 78.9 Å². The highest BCUT2D eigenvalue weighted by Crippen LogP contribution is 2.23. The van der Waals surface area contributed by atoms with Crippen LogP contribution in [0.15, 0.2) is 0 Å². The largest absolute Gasteiger partial charge is 0.480 e. The molecule has 0 spiro atoms. The number of methoxy groups -OCH3 is 1. The van der Waals surface area contributed by atoms with Gasteiger partial charge in [-0.1, -0.05) is 13.8 Å². The maximum absolute atomic E-state index is 12.2. The molecule has 1 aliphatic rings. The van der Waals surface area contributed by atoms with Crippen LogP contribution in [0, 0.1) is 5.92 Å². The standard InChI is InChI=1S/C14H26N2O4/c1-10(2)8-11(12(17)18)15-13(19)16-7-5-6-14(3,9-16)20-4/h10-11H,5-9H2,1-4H3,(H,15,19)(H,17,18)/t11-,14?/m0/s1. The third kappa shape index (κ3) is 4.67. The van der Waals surface area contributed by atoms with E-state index >= 15 is 0 Å². The van der Waals surface area contributed by atoms with E-state index in [0.717, 1.165) is 12.8 Å². The number of rotatable bonds is 5. The van der Waals surface area contributed by atoms with Gasteiger partial charge in [-0.3, -0.25) is 0 Å². The normalized spacial score (nSPS) is 24.6. The van der Waals surface area contributed by atoms with Crippen LogP contribution >= 0.6 is 0 Å². The van der Waals surface area contributed by atoms with Crippen LogP contribution in [0.25, 0.3) is 0 Å². The van der Waals surface area contributed by atoms with E-state index in [0.29, 0.717) is 19.5 Å². The van der Waals surface area contributed by atoms with Gasteiger partial charge in [0, 0.05) is 13.7 Å². The van der Waals surface area contributed by atoms with Gasteiger partial charge in [-0.2, -0.15) is 0 Å². The summed E-state index contributed by atoms with van der Waals surface area (Å²) in [5.74, 6) is -0.777. The summed E-state index contributed by atoms with van der Waals surface area (Å²) in [4.78, 5) is 25.0. The second-order valence-electron chi connectivity index (χ2n) is 6.15. The van der Waals surface area contributed by atoms with Crippen LogP contribution < -0.4 is 5.32 Å². The molecule has 2 amide bonds. The maximum Gasteiger partial charge on any atom is 0.326 e. The third-order valence-electron chi connectivity index (χ3n) is 3.74. The number of carbonyl (C=O) groups excluding carboxylic acids is 1. The fourth-order valence-corrected chi connectivity index (χ4v) is 2.48. The number of likely N-dealkylation sites (tertiary alicyclic amines) is 1. The molecule has 6 nitrogen and oxygen atoms in total. The summed E-state index contributed by atoms with van der Waals surface area (Å²) in [7, 11) is 1.64. The Labute approximate surface area is 120 Å². The van der Waals surface area contributed by atoms with Gasteiger partial charge in [-0.25, -0.2) is 9.59 Å². The zero-order chi connectivity index (χ0) is 15.3. The van der Waals surface area contributed by atoms with E-state index in [1.165, 1.54) is 0 Å². The molecule has 2 atom stereocenters. The Morgan fingerprint density at radius 1 is 1.45 bits per heavy atom. The molecule has 0 bridgehead atoms. The Kier molecular flexibility index (Phi) is 5.80. The summed E-state index contributed by atoms with van der Waals surface area (Å²) in [5.41, 5.74) is -0.341. The number of urea groups is 1. The summed E-state index contributed by atoms with van der Waals surface area (Å²) >= 11 is 0. The molecule has 0 aromatic rings. The van der Waals surface area contributed by atoms with Gasteiger partial charge in [-0.15, -0.1) is 0 Å². The average Bonchev–Trinajstić information content (AvgIpc) is 2.37. The lowest BCUT2D eigenvalue weighted by Gasteiger charge is -2.39. The predicted octanol–water partition coefficient (Wildman–Crippen LogP) is 1.70. The van der Waals surface area contributed by atoms with Gasteiger partial charge < -0.3 is 20.1 Å². The molecule has 1 fully saturated rings. The van der Waals surface area contributed by atoms with Gasteiger partial charge in [-0.05, 0) is 32.1 Å². The van der Waals surface area contributed by atoms with Crippen molar-refractivity contribution in [1.82, 2.24) is 10.2 Å². The first-order chi connectivity index (χ1) is 9.27. The second-order valence-corrected chi connectivity index (χ2v) is 6.15. The quantitative estimate of drug-likeness (QED) is 0.806. The second kappa shape index (κ2) is 6.92. The summed E-state index contributed by atoms with van der Waals surface area (Å²) in [6, 6.07) is -1.15. The van der Waals surface area contributed by atoms with E-state index < -0.39 is 12.0 Å². The van der Waals surface area contributed by atoms with Crippen molar-refractivity contribution in [2.75, 3.05) is 20.2 Å². The number of ether oxygens (including phenoxy) is 1. The Bertz CT molecular complexity index is 359. The van der Waals surface area contributed by atoms with E-state index in [4.69, 9.17) is 9.84 Å². The molecular formula is C14H26N2O4. The molecule has 1 saturated heterocycles. The van der Waals surface area contributed by atoms with Gasteiger partial charge in [0.1, 0.15) is 6.04 Å². The molecule has 20 heavy (non-hydrogen) atoms. The third-order valence-corrected chi connectivity index (χ3v) is 3.74. The van der Waals surface area contributed by atoms with Gasteiger partial charge in [0.15, 0.2) is 0 Å². The van der Waals surface area contributed by atoms with Crippen LogP contribution in [0.2, 0.25) is 0 Å². The number of hydrogen-bond acceptors (Lipinski definition) is 3. The molecule has 2 N–H and O–H groups in total. The van der Waals surface area contributed by atoms with Gasteiger partial charge in [0.05, 0.1) is 12.1 Å². The number of piperidine rings is 1. The average molecular weight is 286 g/mol. The van der Waals surface area contributed by atoms with Crippen molar-refractivity contribution < 1.29 is 19.4 Å². The molecule has 1 rings (SSSR count). The van der Waals surface area contributed by atoms with Gasteiger partial charge in [0.25, 0.3) is 0 Å². The molecule has 0 radical (unpaired) electrons. The molecule has 0 aliphatic carbocycles. The molecule has 1 aliphatic heterocycles. The van der Waals surface area contributed by atoms with E-state index in [2.05, 4.69) is 5.32 Å². The monoisotopic (exact) mass is 286 g/mol. The molecule has 116 valence electrons. The summed E-state index contributed by atoms with van der Waals surface area (Å²) in [6.07, 6.45) is 2.19. The van der Waals surface area contributed by atoms with Crippen molar-refractivity contribution in [2.24, 2.45) is 5.92 Å². The highest BCUT2D eigenvalue weighted by atomic mass is 16.5. The Balaban J connectivity index is 2.62. The van der Waals surface area contributed by atoms with Crippen LogP contribution in [0.3, 0.4) is 0 Å². The lowest BCUT2D eigenvalue weighted by Crippen LogP contribution is -2.55. The fraction of sp³-hybridized carbons (Fsp3) is 0.857. The number of hydrogen-bond donors (Lipinski definition) is 2. The van der Waals surface area contributed by atoms with Crippen molar-refractivity contribution in [2.45, 2.75) is 51.7 Å². The minimum atomic E-state index is -0.987. The Morgan fingerprint density at radius 2 is 2.10 bits per heavy atom. The number of aliphatic carboxylic acids is 1. The SMILES string of the molecule is COC1(C)CCCN(C(=O)N[C@@H](CC(C)C)C(=O)O)C1. The van der Waals surface area contributed by atoms with Crippen LogP contribution in [0.1, 0.15) is 40.0 Å². The van der Waals surface area contributed by atoms with E-state index in [1.807, 2.05) is 20.8 Å². The fourth-order valence-electron chi connectivity index (χ4n) is 2.48. The van der Waals surface area contributed by atoms with E-state index in [9.17, 15) is 9.59 Å². The van der Waals surface area contributed by atoms with Crippen LogP contribution in [-0.2, 0) is 9.53 Å². The molecule has 6 heteroatoms. The first-order valence-corrected chi connectivity index (χ1v) is 7.11. The molecular weight excluding hydrogens is 260 g/mol. The summed E-state index contributed by atoms with van der Waals surface area (Å²) in [6.45, 7) is 6.97. The molecule has 1 heterocycles. The van der Waals surface area contributed by atoms with Crippen molar-refractivity contribution >= 4 is 12.0 Å². The lowest BCUT2D eigenvalue weighted by molar-refractivity contribution is -0.139. The van der Waals surface area contributed by atoms with Crippen molar-refractivity contribution in [3.63, 3.8) is 0 Å². The van der Waals surface area contributed by atoms with E-state index in [-0.39, 0.29) is 17.6 Å². The minimum Gasteiger partial charge on any atom is -0.480 e. The predicted molar refractivity (Wildman–Crippen MR) is 75.6 cm³/mol. The number of carboxylic acids is 1. The smallest absolute Gasteiger partial charge is 0.326 e. The number of nitrogens with zero attached hydrogens (tertiary/aromatic N) is 1.